The number of hydrogen-bond acceptors (Lipinski definition) is 3. The zero-order valence-corrected chi connectivity index (χ0v) is 11.4. The molecule has 1 aliphatic carbocycles. The molecular weight excluding hydrogens is 258 g/mol. The van der Waals surface area contributed by atoms with E-state index in [0.29, 0.717) is 19.0 Å². The molecule has 0 spiro atoms. The van der Waals surface area contributed by atoms with Crippen molar-refractivity contribution in [1.29, 1.82) is 0 Å². The highest BCUT2D eigenvalue weighted by atomic mass is 32.2. The molecule has 0 aromatic heterocycles. The van der Waals surface area contributed by atoms with E-state index in [1.54, 1.807) is 0 Å². The average Bonchev–Trinajstić information content (AvgIpc) is 3.11. The van der Waals surface area contributed by atoms with Crippen molar-refractivity contribution in [2.45, 2.75) is 38.1 Å². The molecule has 0 aromatic carbocycles. The first kappa shape index (κ1) is 13.2. The highest BCUT2D eigenvalue weighted by Gasteiger charge is 2.37. The van der Waals surface area contributed by atoms with Crippen LogP contribution in [0.2, 0.25) is 0 Å². The van der Waals surface area contributed by atoms with E-state index in [9.17, 15) is 8.42 Å². The second kappa shape index (κ2) is 5.17. The Labute approximate surface area is 108 Å². The van der Waals surface area contributed by atoms with Crippen LogP contribution >= 0.6 is 12.2 Å². The molecule has 1 atom stereocenters. The molecule has 0 bridgehead atoms. The van der Waals surface area contributed by atoms with Gasteiger partial charge < -0.3 is 5.73 Å². The lowest BCUT2D eigenvalue weighted by Gasteiger charge is -2.28. The number of nitrogens with zero attached hydrogens (tertiary/aromatic N) is 1. The summed E-state index contributed by atoms with van der Waals surface area (Å²) >= 11 is 4.93. The molecule has 7 heteroatoms. The van der Waals surface area contributed by atoms with Gasteiger partial charge in [0, 0.05) is 13.1 Å². The van der Waals surface area contributed by atoms with E-state index in [2.05, 4.69) is 4.72 Å². The quantitative estimate of drug-likeness (QED) is 0.712. The van der Waals surface area contributed by atoms with Crippen LogP contribution in [-0.2, 0) is 10.2 Å². The Morgan fingerprint density at radius 1 is 1.29 bits per heavy atom. The number of rotatable bonds is 5. The third-order valence-corrected chi connectivity index (χ3v) is 5.18. The smallest absolute Gasteiger partial charge is 0.280 e. The first-order valence-electron chi connectivity index (χ1n) is 6.07. The van der Waals surface area contributed by atoms with E-state index in [1.807, 2.05) is 0 Å². The lowest BCUT2D eigenvalue weighted by molar-refractivity contribution is 0.340. The minimum atomic E-state index is -3.42. The van der Waals surface area contributed by atoms with Gasteiger partial charge in [-0.2, -0.15) is 17.4 Å². The topological polar surface area (TPSA) is 75.4 Å². The fraction of sp³-hybridized carbons (Fsp3) is 0.900. The summed E-state index contributed by atoms with van der Waals surface area (Å²) in [5.74, 6) is 0.298. The van der Waals surface area contributed by atoms with Crippen molar-refractivity contribution in [3.63, 3.8) is 0 Å². The van der Waals surface area contributed by atoms with Gasteiger partial charge in [-0.25, -0.2) is 0 Å². The Balaban J connectivity index is 2.01. The zero-order valence-electron chi connectivity index (χ0n) is 9.76. The third-order valence-electron chi connectivity index (χ3n) is 3.33. The summed E-state index contributed by atoms with van der Waals surface area (Å²) in [4.78, 5) is 0.257. The van der Waals surface area contributed by atoms with Crippen molar-refractivity contribution in [3.8, 4) is 0 Å². The molecule has 1 unspecified atom stereocenters. The van der Waals surface area contributed by atoms with Crippen molar-refractivity contribution in [3.05, 3.63) is 0 Å². The molecule has 2 rings (SSSR count). The molecule has 0 radical (unpaired) electrons. The summed E-state index contributed by atoms with van der Waals surface area (Å²) in [7, 11) is -3.42. The maximum atomic E-state index is 12.1. The summed E-state index contributed by atoms with van der Waals surface area (Å²) in [6.07, 6.45) is 4.98. The van der Waals surface area contributed by atoms with Gasteiger partial charge in [-0.3, -0.25) is 0 Å². The highest BCUT2D eigenvalue weighted by Crippen LogP contribution is 2.33. The van der Waals surface area contributed by atoms with E-state index in [4.69, 9.17) is 18.0 Å². The monoisotopic (exact) mass is 277 g/mol. The largest absolute Gasteiger partial charge is 0.392 e. The molecule has 98 valence electrons. The van der Waals surface area contributed by atoms with E-state index < -0.39 is 10.2 Å². The van der Waals surface area contributed by atoms with Gasteiger partial charge in [0.25, 0.3) is 10.2 Å². The Morgan fingerprint density at radius 3 is 2.35 bits per heavy atom. The molecule has 0 amide bonds. The van der Waals surface area contributed by atoms with Crippen LogP contribution in [0.25, 0.3) is 0 Å². The number of piperidine rings is 1. The second-order valence-electron chi connectivity index (χ2n) is 4.80. The summed E-state index contributed by atoms with van der Waals surface area (Å²) < 4.78 is 28.4. The van der Waals surface area contributed by atoms with Crippen molar-refractivity contribution in [2.24, 2.45) is 11.7 Å². The fourth-order valence-corrected chi connectivity index (χ4v) is 4.01. The van der Waals surface area contributed by atoms with E-state index in [0.717, 1.165) is 32.1 Å². The van der Waals surface area contributed by atoms with Gasteiger partial charge in [0.2, 0.25) is 0 Å². The average molecular weight is 277 g/mol. The van der Waals surface area contributed by atoms with Crippen LogP contribution in [-0.4, -0.2) is 36.8 Å². The van der Waals surface area contributed by atoms with Gasteiger partial charge in [0.05, 0.1) is 11.0 Å². The molecule has 1 aliphatic heterocycles. The molecule has 1 saturated heterocycles. The van der Waals surface area contributed by atoms with Crippen LogP contribution in [0.4, 0.5) is 0 Å². The number of nitrogens with one attached hydrogen (secondary N) is 1. The first-order chi connectivity index (χ1) is 8.00. The predicted octanol–water partition coefficient (Wildman–Crippen LogP) is 0.371. The predicted molar refractivity (Wildman–Crippen MR) is 70.8 cm³/mol. The minimum absolute atomic E-state index is 0.257. The summed E-state index contributed by atoms with van der Waals surface area (Å²) in [5.41, 5.74) is 5.60. The number of hydrogen-bond donors (Lipinski definition) is 2. The maximum absolute atomic E-state index is 12.1. The van der Waals surface area contributed by atoms with Gasteiger partial charge >= 0.3 is 0 Å². The van der Waals surface area contributed by atoms with Crippen LogP contribution in [0.1, 0.15) is 32.1 Å². The maximum Gasteiger partial charge on any atom is 0.280 e. The molecule has 2 aliphatic rings. The molecular formula is C10H19N3O2S2. The van der Waals surface area contributed by atoms with E-state index >= 15 is 0 Å². The Kier molecular flexibility index (Phi) is 4.02. The van der Waals surface area contributed by atoms with Crippen LogP contribution in [0, 0.1) is 5.92 Å². The Bertz CT molecular complexity index is 386. The van der Waals surface area contributed by atoms with Gasteiger partial charge in [-0.15, -0.1) is 0 Å². The molecule has 17 heavy (non-hydrogen) atoms. The van der Waals surface area contributed by atoms with Gasteiger partial charge in [0.1, 0.15) is 0 Å². The number of nitrogens with two attached hydrogens (primary N) is 1. The Morgan fingerprint density at radius 2 is 1.88 bits per heavy atom. The van der Waals surface area contributed by atoms with Gasteiger partial charge in [0.15, 0.2) is 0 Å². The Hall–Kier alpha value is -0.240. The summed E-state index contributed by atoms with van der Waals surface area (Å²) in [6.45, 7) is 1.20. The van der Waals surface area contributed by atoms with E-state index in [-0.39, 0.29) is 11.0 Å². The van der Waals surface area contributed by atoms with Crippen molar-refractivity contribution < 1.29 is 8.42 Å². The standard InChI is InChI=1S/C10H19N3O2S2/c11-10(16)9(8-4-5-8)12-17(14,15)13-6-2-1-3-7-13/h8-9,12H,1-7H2,(H2,11,16). The lowest BCUT2D eigenvalue weighted by Crippen LogP contribution is -2.51. The molecule has 1 heterocycles. The molecule has 1 saturated carbocycles. The van der Waals surface area contributed by atoms with Crippen LogP contribution < -0.4 is 10.5 Å². The minimum Gasteiger partial charge on any atom is -0.392 e. The normalized spacial score (nSPS) is 24.5. The van der Waals surface area contributed by atoms with Crippen LogP contribution in [0.5, 0.6) is 0 Å². The first-order valence-corrected chi connectivity index (χ1v) is 7.92. The van der Waals surface area contributed by atoms with Crippen LogP contribution in [0.3, 0.4) is 0 Å². The van der Waals surface area contributed by atoms with E-state index in [1.165, 1.54) is 4.31 Å². The number of thiocarbonyl (C=S) groups is 1. The molecule has 3 N–H and O–H groups in total. The summed E-state index contributed by atoms with van der Waals surface area (Å²) in [6, 6.07) is -0.364. The third kappa shape index (κ3) is 3.37. The second-order valence-corrected chi connectivity index (χ2v) is 6.97. The van der Waals surface area contributed by atoms with Crippen molar-refractivity contribution >= 4 is 27.4 Å². The molecule has 2 fully saturated rings. The summed E-state index contributed by atoms with van der Waals surface area (Å²) in [5, 5.41) is 0. The lowest BCUT2D eigenvalue weighted by atomic mass is 10.2. The zero-order chi connectivity index (χ0) is 12.5. The van der Waals surface area contributed by atoms with Gasteiger partial charge in [-0.05, 0) is 31.6 Å². The highest BCUT2D eigenvalue weighted by molar-refractivity contribution is 7.87. The van der Waals surface area contributed by atoms with Gasteiger partial charge in [-0.1, -0.05) is 18.6 Å². The fourth-order valence-electron chi connectivity index (χ4n) is 2.16. The van der Waals surface area contributed by atoms with Crippen molar-refractivity contribution in [1.82, 2.24) is 9.03 Å². The van der Waals surface area contributed by atoms with Crippen molar-refractivity contribution in [2.75, 3.05) is 13.1 Å². The molecule has 5 nitrogen and oxygen atoms in total. The molecule has 0 aromatic rings. The SMILES string of the molecule is NC(=S)C(NS(=O)(=O)N1CCCCC1)C1CC1. The van der Waals surface area contributed by atoms with Crippen LogP contribution in [0.15, 0.2) is 0 Å².